The SMILES string of the molecule is CC(C)CC(CN)NS(=O)(=O)CC1CCCC1. The van der Waals surface area contributed by atoms with Crippen LogP contribution in [0.2, 0.25) is 0 Å². The molecule has 0 aromatic carbocycles. The monoisotopic (exact) mass is 262 g/mol. The average molecular weight is 262 g/mol. The molecule has 4 nitrogen and oxygen atoms in total. The van der Waals surface area contributed by atoms with Gasteiger partial charge < -0.3 is 5.73 Å². The van der Waals surface area contributed by atoms with Gasteiger partial charge in [-0.3, -0.25) is 0 Å². The minimum atomic E-state index is -3.15. The Morgan fingerprint density at radius 1 is 1.29 bits per heavy atom. The number of hydrogen-bond donors (Lipinski definition) is 2. The second-order valence-corrected chi connectivity index (χ2v) is 7.41. The van der Waals surface area contributed by atoms with E-state index in [1.807, 2.05) is 0 Å². The number of hydrogen-bond acceptors (Lipinski definition) is 3. The van der Waals surface area contributed by atoms with Crippen LogP contribution in [0.25, 0.3) is 0 Å². The van der Waals surface area contributed by atoms with Crippen molar-refractivity contribution >= 4 is 10.0 Å². The molecule has 1 rings (SSSR count). The van der Waals surface area contributed by atoms with Gasteiger partial charge in [-0.05, 0) is 31.1 Å². The fraction of sp³-hybridized carbons (Fsp3) is 1.00. The molecule has 1 aliphatic carbocycles. The van der Waals surface area contributed by atoms with Crippen LogP contribution < -0.4 is 10.5 Å². The van der Waals surface area contributed by atoms with Gasteiger partial charge in [-0.25, -0.2) is 13.1 Å². The first kappa shape index (κ1) is 14.9. The molecular formula is C12H26N2O2S. The first-order valence-electron chi connectivity index (χ1n) is 6.63. The van der Waals surface area contributed by atoms with Crippen LogP contribution in [-0.4, -0.2) is 26.8 Å². The van der Waals surface area contributed by atoms with Crippen molar-refractivity contribution in [1.29, 1.82) is 0 Å². The van der Waals surface area contributed by atoms with E-state index in [0.29, 0.717) is 18.4 Å². The molecule has 0 amide bonds. The Labute approximate surface area is 105 Å². The van der Waals surface area contributed by atoms with Crippen LogP contribution in [0.5, 0.6) is 0 Å². The average Bonchev–Trinajstić information content (AvgIpc) is 2.67. The third-order valence-electron chi connectivity index (χ3n) is 3.32. The van der Waals surface area contributed by atoms with E-state index in [-0.39, 0.29) is 11.8 Å². The molecule has 0 saturated heterocycles. The molecule has 1 saturated carbocycles. The molecule has 17 heavy (non-hydrogen) atoms. The highest BCUT2D eigenvalue weighted by atomic mass is 32.2. The van der Waals surface area contributed by atoms with E-state index in [2.05, 4.69) is 18.6 Å². The lowest BCUT2D eigenvalue weighted by Gasteiger charge is -2.20. The van der Waals surface area contributed by atoms with Crippen molar-refractivity contribution in [2.24, 2.45) is 17.6 Å². The van der Waals surface area contributed by atoms with E-state index in [4.69, 9.17) is 5.73 Å². The van der Waals surface area contributed by atoms with Crippen molar-refractivity contribution < 1.29 is 8.42 Å². The summed E-state index contributed by atoms with van der Waals surface area (Å²) in [5.41, 5.74) is 5.61. The summed E-state index contributed by atoms with van der Waals surface area (Å²) >= 11 is 0. The largest absolute Gasteiger partial charge is 0.329 e. The normalized spacial score (nSPS) is 20.0. The molecule has 5 heteroatoms. The van der Waals surface area contributed by atoms with E-state index in [1.165, 1.54) is 12.8 Å². The topological polar surface area (TPSA) is 72.2 Å². The van der Waals surface area contributed by atoms with Gasteiger partial charge in [0, 0.05) is 12.6 Å². The van der Waals surface area contributed by atoms with Gasteiger partial charge in [-0.2, -0.15) is 0 Å². The summed E-state index contributed by atoms with van der Waals surface area (Å²) in [4.78, 5) is 0. The van der Waals surface area contributed by atoms with Gasteiger partial charge in [0.1, 0.15) is 0 Å². The standard InChI is InChI=1S/C12H26N2O2S/c1-10(2)7-12(8-13)14-17(15,16)9-11-5-3-4-6-11/h10-12,14H,3-9,13H2,1-2H3. The molecule has 0 bridgehead atoms. The molecule has 1 unspecified atom stereocenters. The highest BCUT2D eigenvalue weighted by Gasteiger charge is 2.24. The highest BCUT2D eigenvalue weighted by molar-refractivity contribution is 7.89. The zero-order valence-corrected chi connectivity index (χ0v) is 11.8. The van der Waals surface area contributed by atoms with Gasteiger partial charge in [0.2, 0.25) is 10.0 Å². The fourth-order valence-electron chi connectivity index (χ4n) is 2.55. The molecule has 1 fully saturated rings. The van der Waals surface area contributed by atoms with E-state index in [1.54, 1.807) is 0 Å². The third-order valence-corrected chi connectivity index (χ3v) is 4.92. The number of sulfonamides is 1. The van der Waals surface area contributed by atoms with Crippen LogP contribution in [0.1, 0.15) is 46.0 Å². The molecule has 0 aromatic heterocycles. The molecule has 0 aliphatic heterocycles. The van der Waals surface area contributed by atoms with Crippen LogP contribution in [-0.2, 0) is 10.0 Å². The minimum absolute atomic E-state index is 0.110. The molecular weight excluding hydrogens is 236 g/mol. The third kappa shape index (κ3) is 5.84. The van der Waals surface area contributed by atoms with Crippen molar-refractivity contribution in [3.8, 4) is 0 Å². The molecule has 1 aliphatic rings. The Balaban J connectivity index is 2.45. The first-order valence-corrected chi connectivity index (χ1v) is 8.28. The molecule has 3 N–H and O–H groups in total. The van der Waals surface area contributed by atoms with Gasteiger partial charge in [-0.15, -0.1) is 0 Å². The Bertz CT molecular complexity index is 308. The zero-order valence-electron chi connectivity index (χ0n) is 11.0. The van der Waals surface area contributed by atoms with Crippen LogP contribution in [0.15, 0.2) is 0 Å². The Hall–Kier alpha value is -0.130. The van der Waals surface area contributed by atoms with E-state index in [0.717, 1.165) is 19.3 Å². The Morgan fingerprint density at radius 2 is 1.88 bits per heavy atom. The van der Waals surface area contributed by atoms with Gasteiger partial charge in [0.15, 0.2) is 0 Å². The predicted octanol–water partition coefficient (Wildman–Crippen LogP) is 1.47. The van der Waals surface area contributed by atoms with Crippen molar-refractivity contribution in [3.05, 3.63) is 0 Å². The zero-order chi connectivity index (χ0) is 12.9. The van der Waals surface area contributed by atoms with Gasteiger partial charge >= 0.3 is 0 Å². The lowest BCUT2D eigenvalue weighted by molar-refractivity contribution is 0.461. The number of rotatable bonds is 7. The van der Waals surface area contributed by atoms with Crippen LogP contribution in [0.3, 0.4) is 0 Å². The summed E-state index contributed by atoms with van der Waals surface area (Å²) in [5.74, 6) is 1.09. The fourth-order valence-corrected chi connectivity index (χ4v) is 4.30. The van der Waals surface area contributed by atoms with Gasteiger partial charge in [0.25, 0.3) is 0 Å². The Morgan fingerprint density at radius 3 is 2.35 bits per heavy atom. The van der Waals surface area contributed by atoms with E-state index < -0.39 is 10.0 Å². The summed E-state index contributed by atoms with van der Waals surface area (Å²) < 4.78 is 26.7. The molecule has 102 valence electrons. The highest BCUT2D eigenvalue weighted by Crippen LogP contribution is 2.25. The lowest BCUT2D eigenvalue weighted by Crippen LogP contribution is -2.42. The first-order chi connectivity index (χ1) is 7.93. The van der Waals surface area contributed by atoms with Gasteiger partial charge in [0.05, 0.1) is 5.75 Å². The summed E-state index contributed by atoms with van der Waals surface area (Å²) in [7, 11) is -3.15. The van der Waals surface area contributed by atoms with Crippen molar-refractivity contribution in [2.75, 3.05) is 12.3 Å². The maximum atomic E-state index is 12.0. The van der Waals surface area contributed by atoms with Crippen LogP contribution in [0, 0.1) is 11.8 Å². The maximum absolute atomic E-state index is 12.0. The quantitative estimate of drug-likeness (QED) is 0.730. The summed E-state index contributed by atoms with van der Waals surface area (Å²) in [5, 5.41) is 0. The second-order valence-electron chi connectivity index (χ2n) is 5.61. The van der Waals surface area contributed by atoms with Crippen molar-refractivity contribution in [1.82, 2.24) is 4.72 Å². The maximum Gasteiger partial charge on any atom is 0.212 e. The predicted molar refractivity (Wildman–Crippen MR) is 71.2 cm³/mol. The molecule has 0 aromatic rings. The van der Waals surface area contributed by atoms with Crippen LogP contribution >= 0.6 is 0 Å². The Kier molecular flexibility index (Phi) is 5.89. The van der Waals surface area contributed by atoms with E-state index in [9.17, 15) is 8.42 Å². The molecule has 0 radical (unpaired) electrons. The summed E-state index contributed by atoms with van der Waals surface area (Å²) in [6.07, 6.45) is 5.26. The second kappa shape index (κ2) is 6.71. The smallest absolute Gasteiger partial charge is 0.212 e. The van der Waals surface area contributed by atoms with E-state index >= 15 is 0 Å². The van der Waals surface area contributed by atoms with Crippen molar-refractivity contribution in [2.45, 2.75) is 52.0 Å². The molecule has 0 spiro atoms. The number of nitrogens with two attached hydrogens (primary N) is 1. The molecule has 0 heterocycles. The molecule has 1 atom stereocenters. The van der Waals surface area contributed by atoms with Crippen molar-refractivity contribution in [3.63, 3.8) is 0 Å². The lowest BCUT2D eigenvalue weighted by atomic mass is 10.1. The van der Waals surface area contributed by atoms with Crippen LogP contribution in [0.4, 0.5) is 0 Å². The summed E-state index contributed by atoms with van der Waals surface area (Å²) in [6.45, 7) is 4.53. The summed E-state index contributed by atoms with van der Waals surface area (Å²) in [6, 6.07) is -0.110. The van der Waals surface area contributed by atoms with Gasteiger partial charge in [-0.1, -0.05) is 26.7 Å². The minimum Gasteiger partial charge on any atom is -0.329 e. The number of nitrogens with one attached hydrogen (secondary N) is 1.